The molecule has 0 spiro atoms. The summed E-state index contributed by atoms with van der Waals surface area (Å²) < 4.78 is 5.34. The molecular weight excluding hydrogens is 260 g/mol. The van der Waals surface area contributed by atoms with Crippen LogP contribution in [-0.4, -0.2) is 35.5 Å². The molecular formula is C13H18N4O3. The number of hydrogen-bond acceptors (Lipinski definition) is 6. The number of nitrogens with one attached hydrogen (secondary N) is 1. The summed E-state index contributed by atoms with van der Waals surface area (Å²) in [5.41, 5.74) is 5.32. The number of carbonyl (C=O) groups excluding carboxylic acids is 2. The molecule has 1 aliphatic rings. The highest BCUT2D eigenvalue weighted by atomic mass is 16.5. The van der Waals surface area contributed by atoms with Crippen molar-refractivity contribution in [2.45, 2.75) is 26.3 Å². The van der Waals surface area contributed by atoms with Crippen molar-refractivity contribution in [1.82, 2.24) is 10.3 Å². The third-order valence-corrected chi connectivity index (χ3v) is 3.22. The fraction of sp³-hybridized carbons (Fsp3) is 0.462. The molecule has 0 radical (unpaired) electrons. The molecule has 0 aromatic carbocycles. The number of imide groups is 1. The molecule has 1 aromatic rings. The summed E-state index contributed by atoms with van der Waals surface area (Å²) in [6.45, 7) is 5.78. The molecule has 2 heterocycles. The number of amides is 2. The zero-order valence-corrected chi connectivity index (χ0v) is 11.8. The van der Waals surface area contributed by atoms with Gasteiger partial charge in [-0.3, -0.25) is 14.9 Å². The van der Waals surface area contributed by atoms with Crippen LogP contribution in [0.5, 0.6) is 5.88 Å². The molecule has 1 aromatic heterocycles. The van der Waals surface area contributed by atoms with Crippen molar-refractivity contribution in [2.75, 3.05) is 23.8 Å². The van der Waals surface area contributed by atoms with Crippen LogP contribution in [0.2, 0.25) is 0 Å². The van der Waals surface area contributed by atoms with Crippen molar-refractivity contribution < 1.29 is 14.3 Å². The Bertz CT molecular complexity index is 557. The second kappa shape index (κ2) is 4.99. The Labute approximate surface area is 117 Å². The Morgan fingerprint density at radius 1 is 1.45 bits per heavy atom. The lowest BCUT2D eigenvalue weighted by Crippen LogP contribution is -2.64. The van der Waals surface area contributed by atoms with E-state index in [2.05, 4.69) is 10.3 Å². The Morgan fingerprint density at radius 3 is 2.80 bits per heavy atom. The number of nitrogens with two attached hydrogens (primary N) is 1. The number of rotatable bonds is 3. The van der Waals surface area contributed by atoms with Gasteiger partial charge in [0.25, 0.3) is 5.91 Å². The zero-order valence-electron chi connectivity index (χ0n) is 11.8. The van der Waals surface area contributed by atoms with E-state index < -0.39 is 5.54 Å². The molecule has 0 bridgehead atoms. The first-order valence-electron chi connectivity index (χ1n) is 6.37. The summed E-state index contributed by atoms with van der Waals surface area (Å²) in [5.74, 6) is 0.0753. The second-order valence-electron chi connectivity index (χ2n) is 5.02. The summed E-state index contributed by atoms with van der Waals surface area (Å²) in [6, 6.07) is 3.33. The standard InChI is InChI=1S/C13H18N4O3/c1-4-20-11-8(14)5-6-9(15-11)17-7-10(18)16-12(19)13(17,2)3/h5-6H,4,7,14H2,1-3H3,(H,16,18,19). The van der Waals surface area contributed by atoms with E-state index in [4.69, 9.17) is 10.5 Å². The molecule has 2 amide bonds. The van der Waals surface area contributed by atoms with Gasteiger partial charge in [-0.25, -0.2) is 0 Å². The van der Waals surface area contributed by atoms with Crippen LogP contribution in [0.3, 0.4) is 0 Å². The van der Waals surface area contributed by atoms with Crippen molar-refractivity contribution >= 4 is 23.3 Å². The van der Waals surface area contributed by atoms with Gasteiger partial charge in [0.1, 0.15) is 11.4 Å². The van der Waals surface area contributed by atoms with E-state index in [1.165, 1.54) is 0 Å². The van der Waals surface area contributed by atoms with Crippen LogP contribution in [-0.2, 0) is 9.59 Å². The third-order valence-electron chi connectivity index (χ3n) is 3.22. The molecule has 7 heteroatoms. The third kappa shape index (κ3) is 2.38. The van der Waals surface area contributed by atoms with Crippen LogP contribution in [0.15, 0.2) is 12.1 Å². The molecule has 3 N–H and O–H groups in total. The van der Waals surface area contributed by atoms with Crippen molar-refractivity contribution in [2.24, 2.45) is 0 Å². The van der Waals surface area contributed by atoms with Gasteiger partial charge in [-0.15, -0.1) is 0 Å². The minimum atomic E-state index is -0.874. The maximum atomic E-state index is 11.9. The van der Waals surface area contributed by atoms with Crippen LogP contribution in [0.4, 0.5) is 11.5 Å². The molecule has 0 unspecified atom stereocenters. The Kier molecular flexibility index (Phi) is 3.52. The van der Waals surface area contributed by atoms with E-state index in [0.717, 1.165) is 0 Å². The SMILES string of the molecule is CCOc1nc(N2CC(=O)NC(=O)C2(C)C)ccc1N. The summed E-state index contributed by atoms with van der Waals surface area (Å²) in [4.78, 5) is 29.4. The molecule has 7 nitrogen and oxygen atoms in total. The Balaban J connectivity index is 2.41. The van der Waals surface area contributed by atoms with Crippen molar-refractivity contribution in [3.05, 3.63) is 12.1 Å². The van der Waals surface area contributed by atoms with E-state index in [1.54, 1.807) is 30.9 Å². The van der Waals surface area contributed by atoms with E-state index in [9.17, 15) is 9.59 Å². The van der Waals surface area contributed by atoms with Crippen LogP contribution >= 0.6 is 0 Å². The Hall–Kier alpha value is -2.31. The lowest BCUT2D eigenvalue weighted by Gasteiger charge is -2.41. The van der Waals surface area contributed by atoms with E-state index >= 15 is 0 Å². The smallest absolute Gasteiger partial charge is 0.251 e. The minimum Gasteiger partial charge on any atom is -0.476 e. The number of aromatic nitrogens is 1. The Morgan fingerprint density at radius 2 is 2.15 bits per heavy atom. The maximum Gasteiger partial charge on any atom is 0.251 e. The fourth-order valence-electron chi connectivity index (χ4n) is 1.99. The van der Waals surface area contributed by atoms with E-state index in [-0.39, 0.29) is 18.4 Å². The lowest BCUT2D eigenvalue weighted by molar-refractivity contribution is -0.135. The van der Waals surface area contributed by atoms with Gasteiger partial charge < -0.3 is 15.4 Å². The van der Waals surface area contributed by atoms with Gasteiger partial charge in [-0.2, -0.15) is 4.98 Å². The number of pyridine rings is 1. The number of hydrogen-bond donors (Lipinski definition) is 2. The van der Waals surface area contributed by atoms with Crippen molar-refractivity contribution in [1.29, 1.82) is 0 Å². The second-order valence-corrected chi connectivity index (χ2v) is 5.02. The van der Waals surface area contributed by atoms with Gasteiger partial charge in [0.15, 0.2) is 0 Å². The molecule has 1 aliphatic heterocycles. The topological polar surface area (TPSA) is 97.5 Å². The maximum absolute atomic E-state index is 11.9. The largest absolute Gasteiger partial charge is 0.476 e. The molecule has 0 saturated carbocycles. The number of anilines is 2. The average Bonchev–Trinajstić information content (AvgIpc) is 2.37. The highest BCUT2D eigenvalue weighted by Crippen LogP contribution is 2.29. The van der Waals surface area contributed by atoms with Crippen LogP contribution in [0, 0.1) is 0 Å². The molecule has 108 valence electrons. The minimum absolute atomic E-state index is 0.0568. The predicted octanol–water partition coefficient (Wildman–Crippen LogP) is 0.304. The van der Waals surface area contributed by atoms with Crippen LogP contribution < -0.4 is 20.7 Å². The molecule has 0 atom stereocenters. The number of ether oxygens (including phenoxy) is 1. The average molecular weight is 278 g/mol. The van der Waals surface area contributed by atoms with Gasteiger partial charge in [0, 0.05) is 0 Å². The first-order valence-corrected chi connectivity index (χ1v) is 6.37. The highest BCUT2D eigenvalue weighted by molar-refractivity contribution is 6.06. The van der Waals surface area contributed by atoms with Crippen molar-refractivity contribution in [3.63, 3.8) is 0 Å². The first-order chi connectivity index (χ1) is 9.36. The van der Waals surface area contributed by atoms with Crippen LogP contribution in [0.25, 0.3) is 0 Å². The first kappa shape index (κ1) is 14.1. The predicted molar refractivity (Wildman–Crippen MR) is 74.4 cm³/mol. The number of piperazine rings is 1. The molecule has 20 heavy (non-hydrogen) atoms. The molecule has 2 rings (SSSR count). The summed E-state index contributed by atoms with van der Waals surface area (Å²) in [7, 11) is 0. The van der Waals surface area contributed by atoms with Gasteiger partial charge >= 0.3 is 0 Å². The van der Waals surface area contributed by atoms with E-state index in [0.29, 0.717) is 24.0 Å². The normalized spacial score (nSPS) is 17.9. The van der Waals surface area contributed by atoms with Gasteiger partial charge in [-0.1, -0.05) is 0 Å². The number of nitrogen functional groups attached to an aromatic ring is 1. The van der Waals surface area contributed by atoms with Crippen molar-refractivity contribution in [3.8, 4) is 5.88 Å². The molecule has 0 aliphatic carbocycles. The monoisotopic (exact) mass is 278 g/mol. The van der Waals surface area contributed by atoms with Gasteiger partial charge in [-0.05, 0) is 32.9 Å². The fourth-order valence-corrected chi connectivity index (χ4v) is 1.99. The van der Waals surface area contributed by atoms with Crippen LogP contribution in [0.1, 0.15) is 20.8 Å². The molecule has 1 saturated heterocycles. The zero-order chi connectivity index (χ0) is 14.9. The summed E-state index contributed by atoms with van der Waals surface area (Å²) in [6.07, 6.45) is 0. The lowest BCUT2D eigenvalue weighted by atomic mass is 9.98. The van der Waals surface area contributed by atoms with Gasteiger partial charge in [0.2, 0.25) is 11.8 Å². The summed E-state index contributed by atoms with van der Waals surface area (Å²) in [5, 5.41) is 2.32. The number of nitrogens with zero attached hydrogens (tertiary/aromatic N) is 2. The molecule has 1 fully saturated rings. The quantitative estimate of drug-likeness (QED) is 0.772. The summed E-state index contributed by atoms with van der Waals surface area (Å²) >= 11 is 0. The van der Waals surface area contributed by atoms with E-state index in [1.807, 2.05) is 6.92 Å². The number of carbonyl (C=O) groups is 2. The van der Waals surface area contributed by atoms with Gasteiger partial charge in [0.05, 0.1) is 18.8 Å². The highest BCUT2D eigenvalue weighted by Gasteiger charge is 2.41.